The van der Waals surface area contributed by atoms with Gasteiger partial charge in [0, 0.05) is 12.6 Å². The summed E-state index contributed by atoms with van der Waals surface area (Å²) < 4.78 is 12.6. The first kappa shape index (κ1) is 13.5. The van der Waals surface area contributed by atoms with Crippen LogP contribution in [-0.2, 0) is 18.3 Å². The van der Waals surface area contributed by atoms with E-state index in [4.69, 9.17) is 9.47 Å². The number of benzene rings is 1. The first-order chi connectivity index (χ1) is 10.1. The summed E-state index contributed by atoms with van der Waals surface area (Å²) in [6.07, 6.45) is -0.154. The molecule has 1 amide bonds. The maximum atomic E-state index is 12.3. The Morgan fingerprint density at radius 3 is 2.48 bits per heavy atom. The molecule has 1 N–H and O–H groups in total. The monoisotopic (exact) mass is 287 g/mol. The minimum absolute atomic E-state index is 0.347. The van der Waals surface area contributed by atoms with Crippen molar-refractivity contribution in [2.24, 2.45) is 7.05 Å². The lowest BCUT2D eigenvalue weighted by Crippen LogP contribution is -2.35. The van der Waals surface area contributed by atoms with Gasteiger partial charge in [-0.15, -0.1) is 0 Å². The maximum absolute atomic E-state index is 12.3. The van der Waals surface area contributed by atoms with E-state index in [0.29, 0.717) is 17.3 Å². The summed E-state index contributed by atoms with van der Waals surface area (Å²) in [6, 6.07) is 7.21. The van der Waals surface area contributed by atoms with E-state index in [0.717, 1.165) is 17.7 Å². The highest BCUT2D eigenvalue weighted by molar-refractivity contribution is 5.94. The molecule has 0 spiro atoms. The highest BCUT2D eigenvalue weighted by atomic mass is 16.7. The Bertz CT molecular complexity index is 668. The fourth-order valence-electron chi connectivity index (χ4n) is 2.38. The normalized spacial score (nSPS) is 13.5. The van der Waals surface area contributed by atoms with Crippen LogP contribution >= 0.6 is 0 Å². The van der Waals surface area contributed by atoms with Gasteiger partial charge in [0.25, 0.3) is 0 Å². The summed E-state index contributed by atoms with van der Waals surface area (Å²) in [6.45, 7) is 3.97. The first-order valence-corrected chi connectivity index (χ1v) is 6.85. The second-order valence-electron chi connectivity index (χ2n) is 4.90. The summed E-state index contributed by atoms with van der Waals surface area (Å²) in [5, 5.41) is 7.19. The van der Waals surface area contributed by atoms with E-state index in [1.807, 2.05) is 26.0 Å². The SMILES string of the molecule is CCc1nn(C)c(NC(=O)C2Oc3ccccc3O2)c1C. The molecule has 0 unspecified atom stereocenters. The smallest absolute Gasteiger partial charge is 0.322 e. The van der Waals surface area contributed by atoms with Gasteiger partial charge in [-0.05, 0) is 25.5 Å². The standard InChI is InChI=1S/C15H17N3O3/c1-4-10-9(2)13(18(3)17-10)16-14(19)15-20-11-7-5-6-8-12(11)21-15/h5-8,15H,4H2,1-3H3,(H,16,19). The van der Waals surface area contributed by atoms with Gasteiger partial charge in [-0.3, -0.25) is 9.48 Å². The van der Waals surface area contributed by atoms with E-state index < -0.39 is 6.29 Å². The van der Waals surface area contributed by atoms with Crippen molar-refractivity contribution in [3.05, 3.63) is 35.5 Å². The van der Waals surface area contributed by atoms with Gasteiger partial charge in [-0.1, -0.05) is 19.1 Å². The fourth-order valence-corrected chi connectivity index (χ4v) is 2.38. The molecule has 0 fully saturated rings. The Morgan fingerprint density at radius 1 is 1.33 bits per heavy atom. The van der Waals surface area contributed by atoms with E-state index >= 15 is 0 Å². The molecule has 1 aromatic carbocycles. The molecule has 1 aliphatic heterocycles. The average Bonchev–Trinajstić information content (AvgIpc) is 3.03. The quantitative estimate of drug-likeness (QED) is 0.938. The number of carbonyl (C=O) groups is 1. The van der Waals surface area contributed by atoms with Gasteiger partial charge in [0.2, 0.25) is 0 Å². The van der Waals surface area contributed by atoms with E-state index in [2.05, 4.69) is 10.4 Å². The fraction of sp³-hybridized carbons (Fsp3) is 0.333. The van der Waals surface area contributed by atoms with Crippen LogP contribution in [0.4, 0.5) is 5.82 Å². The minimum Gasteiger partial charge on any atom is -0.442 e. The number of hydrogen-bond donors (Lipinski definition) is 1. The van der Waals surface area contributed by atoms with Crippen molar-refractivity contribution in [2.75, 3.05) is 5.32 Å². The molecule has 6 nitrogen and oxygen atoms in total. The molecule has 2 heterocycles. The van der Waals surface area contributed by atoms with Crippen molar-refractivity contribution < 1.29 is 14.3 Å². The van der Waals surface area contributed by atoms with Crippen LogP contribution in [0.1, 0.15) is 18.2 Å². The number of aryl methyl sites for hydroxylation is 2. The van der Waals surface area contributed by atoms with Crippen molar-refractivity contribution >= 4 is 11.7 Å². The van der Waals surface area contributed by atoms with Gasteiger partial charge in [0.05, 0.1) is 5.69 Å². The van der Waals surface area contributed by atoms with Crippen LogP contribution < -0.4 is 14.8 Å². The largest absolute Gasteiger partial charge is 0.442 e. The van der Waals surface area contributed by atoms with Gasteiger partial charge in [0.15, 0.2) is 11.5 Å². The van der Waals surface area contributed by atoms with Gasteiger partial charge in [-0.25, -0.2) is 0 Å². The predicted octanol–water partition coefficient (Wildman–Crippen LogP) is 2.03. The molecule has 1 aliphatic rings. The topological polar surface area (TPSA) is 65.4 Å². The highest BCUT2D eigenvalue weighted by Crippen LogP contribution is 2.34. The molecule has 0 aliphatic carbocycles. The third-order valence-electron chi connectivity index (χ3n) is 3.49. The van der Waals surface area contributed by atoms with E-state index in [1.54, 1.807) is 23.9 Å². The van der Waals surface area contributed by atoms with Crippen molar-refractivity contribution in [3.8, 4) is 11.5 Å². The number of fused-ring (bicyclic) bond motifs is 1. The van der Waals surface area contributed by atoms with Gasteiger partial charge in [0.1, 0.15) is 5.82 Å². The number of ether oxygens (including phenoxy) is 2. The van der Waals surface area contributed by atoms with Crippen LogP contribution in [0.25, 0.3) is 0 Å². The summed E-state index contributed by atoms with van der Waals surface area (Å²) in [7, 11) is 1.80. The molecule has 3 rings (SSSR count). The third-order valence-corrected chi connectivity index (χ3v) is 3.49. The number of anilines is 1. The number of aromatic nitrogens is 2. The van der Waals surface area contributed by atoms with Crippen LogP contribution in [0.15, 0.2) is 24.3 Å². The Morgan fingerprint density at radius 2 is 1.95 bits per heavy atom. The van der Waals surface area contributed by atoms with Crippen molar-refractivity contribution in [2.45, 2.75) is 26.6 Å². The number of nitrogens with one attached hydrogen (secondary N) is 1. The van der Waals surface area contributed by atoms with Crippen molar-refractivity contribution in [3.63, 3.8) is 0 Å². The van der Waals surface area contributed by atoms with Gasteiger partial charge >= 0.3 is 12.2 Å². The number of para-hydroxylation sites is 2. The highest BCUT2D eigenvalue weighted by Gasteiger charge is 2.31. The first-order valence-electron chi connectivity index (χ1n) is 6.85. The third kappa shape index (κ3) is 2.33. The second-order valence-corrected chi connectivity index (χ2v) is 4.90. The predicted molar refractivity (Wildman–Crippen MR) is 77.4 cm³/mol. The number of rotatable bonds is 3. The van der Waals surface area contributed by atoms with Gasteiger partial charge < -0.3 is 14.8 Å². The molecule has 21 heavy (non-hydrogen) atoms. The molecule has 0 radical (unpaired) electrons. The van der Waals surface area contributed by atoms with E-state index in [1.165, 1.54) is 0 Å². The number of carbonyl (C=O) groups excluding carboxylic acids is 1. The number of amides is 1. The molecule has 2 aromatic rings. The van der Waals surface area contributed by atoms with Crippen LogP contribution in [-0.4, -0.2) is 22.0 Å². The Kier molecular flexibility index (Phi) is 3.29. The molecule has 0 atom stereocenters. The maximum Gasteiger partial charge on any atom is 0.322 e. The Hall–Kier alpha value is -2.50. The molecule has 110 valence electrons. The number of hydrogen-bond acceptors (Lipinski definition) is 4. The zero-order chi connectivity index (χ0) is 15.0. The summed E-state index contributed by atoms with van der Waals surface area (Å²) >= 11 is 0. The molecule has 0 bridgehead atoms. The van der Waals surface area contributed by atoms with E-state index in [-0.39, 0.29) is 5.91 Å². The summed E-state index contributed by atoms with van der Waals surface area (Å²) in [5.74, 6) is 1.47. The average molecular weight is 287 g/mol. The lowest BCUT2D eigenvalue weighted by molar-refractivity contribution is -0.131. The number of nitrogens with zero attached hydrogens (tertiary/aromatic N) is 2. The Balaban J connectivity index is 1.75. The van der Waals surface area contributed by atoms with Crippen LogP contribution in [0.3, 0.4) is 0 Å². The zero-order valence-electron chi connectivity index (χ0n) is 12.2. The summed E-state index contributed by atoms with van der Waals surface area (Å²) in [5.41, 5.74) is 1.92. The molecule has 0 saturated carbocycles. The lowest BCUT2D eigenvalue weighted by atomic mass is 10.2. The molecular weight excluding hydrogens is 270 g/mol. The van der Waals surface area contributed by atoms with Crippen molar-refractivity contribution in [1.82, 2.24) is 9.78 Å². The van der Waals surface area contributed by atoms with E-state index in [9.17, 15) is 4.79 Å². The van der Waals surface area contributed by atoms with Crippen LogP contribution in [0, 0.1) is 6.92 Å². The van der Waals surface area contributed by atoms with Gasteiger partial charge in [-0.2, -0.15) is 5.10 Å². The minimum atomic E-state index is -0.971. The lowest BCUT2D eigenvalue weighted by Gasteiger charge is -2.11. The molecule has 0 saturated heterocycles. The van der Waals surface area contributed by atoms with Crippen molar-refractivity contribution in [1.29, 1.82) is 0 Å². The molecule has 1 aromatic heterocycles. The zero-order valence-corrected chi connectivity index (χ0v) is 12.2. The Labute approximate surface area is 122 Å². The molecule has 6 heteroatoms. The second kappa shape index (κ2) is 5.12. The summed E-state index contributed by atoms with van der Waals surface area (Å²) in [4.78, 5) is 12.3. The molecular formula is C15H17N3O3. The van der Waals surface area contributed by atoms with Crippen LogP contribution in [0.5, 0.6) is 11.5 Å². The van der Waals surface area contributed by atoms with Crippen LogP contribution in [0.2, 0.25) is 0 Å².